The third-order valence-electron chi connectivity index (χ3n) is 1.75. The molecule has 0 radical (unpaired) electrons. The van der Waals surface area contributed by atoms with Gasteiger partial charge in [0.25, 0.3) is 0 Å². The molecule has 0 atom stereocenters. The highest BCUT2D eigenvalue weighted by molar-refractivity contribution is 9.09. The molecule has 0 N–H and O–H groups in total. The summed E-state index contributed by atoms with van der Waals surface area (Å²) in [6.07, 6.45) is 1.94. The fraction of sp³-hybridized carbons (Fsp3) is 0.545. The maximum absolute atomic E-state index is 11.3. The van der Waals surface area contributed by atoms with Gasteiger partial charge in [-0.3, -0.25) is 0 Å². The van der Waals surface area contributed by atoms with E-state index < -0.39 is 0 Å². The molecule has 0 aliphatic carbocycles. The van der Waals surface area contributed by atoms with Crippen LogP contribution in [0.15, 0.2) is 12.3 Å². The van der Waals surface area contributed by atoms with Crippen molar-refractivity contribution in [3.63, 3.8) is 0 Å². The second kappa shape index (κ2) is 7.51. The minimum atomic E-state index is -0.283. The number of aromatic nitrogens is 1. The van der Waals surface area contributed by atoms with Crippen LogP contribution in [-0.4, -0.2) is 23.0 Å². The number of aryl methyl sites for hydroxylation is 2. The Morgan fingerprint density at radius 1 is 1.53 bits per heavy atom. The van der Waals surface area contributed by atoms with Crippen LogP contribution >= 0.6 is 15.9 Å². The highest BCUT2D eigenvalue weighted by Crippen LogP contribution is 2.09. The largest absolute Gasteiger partial charge is 0.464 e. The predicted molar refractivity (Wildman–Crippen MR) is 65.7 cm³/mol. The third-order valence-corrected chi connectivity index (χ3v) is 2.11. The van der Waals surface area contributed by atoms with Crippen molar-refractivity contribution in [3.05, 3.63) is 23.5 Å². The van der Waals surface area contributed by atoms with Crippen molar-refractivity contribution in [2.75, 3.05) is 12.4 Å². The Bertz CT molecular complexity index is 308. The molecule has 0 amide bonds. The van der Waals surface area contributed by atoms with Crippen LogP contribution in [0.25, 0.3) is 0 Å². The molecule has 0 aromatic carbocycles. The Morgan fingerprint density at radius 3 is 2.60 bits per heavy atom. The smallest absolute Gasteiger partial charge is 0.354 e. The summed E-state index contributed by atoms with van der Waals surface area (Å²) in [5, 5.41) is 0.825. The normalized spacial score (nSPS) is 9.13. The Hall–Kier alpha value is -0.770. The lowest BCUT2D eigenvalue weighted by Gasteiger charge is -2.04. The van der Waals surface area contributed by atoms with Crippen LogP contribution in [0.3, 0.4) is 0 Å². The number of hydrogen-bond donors (Lipinski definition) is 0. The molecular formula is C11H18BrNO2. The van der Waals surface area contributed by atoms with Crippen LogP contribution in [0.1, 0.15) is 29.9 Å². The van der Waals surface area contributed by atoms with Crippen molar-refractivity contribution in [2.45, 2.75) is 27.3 Å². The third kappa shape index (κ3) is 4.08. The summed E-state index contributed by atoms with van der Waals surface area (Å²) in [6.45, 7) is 6.73. The van der Waals surface area contributed by atoms with Crippen molar-refractivity contribution in [1.29, 1.82) is 0 Å². The quantitative estimate of drug-likeness (QED) is 0.627. The van der Waals surface area contributed by atoms with Crippen LogP contribution in [0.5, 0.6) is 0 Å². The maximum atomic E-state index is 11.3. The van der Waals surface area contributed by atoms with Gasteiger partial charge in [0.2, 0.25) is 0 Å². The fourth-order valence-electron chi connectivity index (χ4n) is 1.21. The molecule has 0 spiro atoms. The molecule has 0 saturated heterocycles. The number of rotatable bonds is 3. The fourth-order valence-corrected chi connectivity index (χ4v) is 1.59. The van der Waals surface area contributed by atoms with Crippen molar-refractivity contribution in [3.8, 4) is 0 Å². The first kappa shape index (κ1) is 14.2. The lowest BCUT2D eigenvalue weighted by atomic mass is 10.3. The molecule has 0 saturated carbocycles. The van der Waals surface area contributed by atoms with E-state index >= 15 is 0 Å². The average Bonchev–Trinajstić information content (AvgIpc) is 2.62. The first-order valence-electron chi connectivity index (χ1n) is 5.00. The number of esters is 1. The Morgan fingerprint density at radius 2 is 2.13 bits per heavy atom. The second-order valence-electron chi connectivity index (χ2n) is 2.78. The average molecular weight is 276 g/mol. The second-order valence-corrected chi connectivity index (χ2v) is 3.57. The molecule has 1 aromatic rings. The number of carbonyl (C=O) groups excluding carboxylic acids is 1. The highest BCUT2D eigenvalue weighted by atomic mass is 79.9. The highest BCUT2D eigenvalue weighted by Gasteiger charge is 2.11. The van der Waals surface area contributed by atoms with E-state index in [0.29, 0.717) is 5.69 Å². The molecule has 1 rings (SSSR count). The molecule has 0 aliphatic heterocycles. The summed E-state index contributed by atoms with van der Waals surface area (Å²) in [6, 6.07) is 1.83. The summed E-state index contributed by atoms with van der Waals surface area (Å²) in [4.78, 5) is 11.3. The van der Waals surface area contributed by atoms with Gasteiger partial charge in [0.05, 0.1) is 7.11 Å². The van der Waals surface area contributed by atoms with Gasteiger partial charge in [-0.1, -0.05) is 29.8 Å². The summed E-state index contributed by atoms with van der Waals surface area (Å²) in [7, 11) is 1.39. The minimum absolute atomic E-state index is 0.283. The summed E-state index contributed by atoms with van der Waals surface area (Å²) >= 11 is 3.33. The summed E-state index contributed by atoms with van der Waals surface area (Å²) in [5.74, 6) is -0.283. The van der Waals surface area contributed by atoms with E-state index in [-0.39, 0.29) is 5.97 Å². The zero-order valence-electron chi connectivity index (χ0n) is 9.71. The van der Waals surface area contributed by atoms with Gasteiger partial charge in [0, 0.05) is 18.1 Å². The summed E-state index contributed by atoms with van der Waals surface area (Å²) in [5.41, 5.74) is 1.68. The molecule has 86 valence electrons. The number of ether oxygens (including phenoxy) is 1. The van der Waals surface area contributed by atoms with Gasteiger partial charge >= 0.3 is 5.97 Å². The first-order chi connectivity index (χ1) is 7.19. The maximum Gasteiger partial charge on any atom is 0.354 e. The number of carbonyl (C=O) groups is 1. The van der Waals surface area contributed by atoms with Gasteiger partial charge < -0.3 is 9.30 Å². The lowest BCUT2D eigenvalue weighted by molar-refractivity contribution is 0.0589. The van der Waals surface area contributed by atoms with Crippen molar-refractivity contribution < 1.29 is 9.53 Å². The minimum Gasteiger partial charge on any atom is -0.464 e. The van der Waals surface area contributed by atoms with E-state index in [1.807, 2.05) is 37.6 Å². The van der Waals surface area contributed by atoms with E-state index in [0.717, 1.165) is 17.4 Å². The molecule has 1 aromatic heterocycles. The number of nitrogens with zero attached hydrogens (tertiary/aromatic N) is 1. The number of halogens is 1. The molecule has 15 heavy (non-hydrogen) atoms. The van der Waals surface area contributed by atoms with Crippen LogP contribution in [0.2, 0.25) is 0 Å². The monoisotopic (exact) mass is 275 g/mol. The number of alkyl halides is 1. The van der Waals surface area contributed by atoms with Crippen LogP contribution in [-0.2, 0) is 11.3 Å². The zero-order valence-corrected chi connectivity index (χ0v) is 11.3. The lowest BCUT2D eigenvalue weighted by Crippen LogP contribution is -2.10. The standard InChI is InChI=1S/C9H12BrNO2.C2H6/c1-7-5-8(9(12)13-2)11(6-7)4-3-10;1-2/h5-6H,3-4H2,1-2H3;1-2H3. The number of hydrogen-bond acceptors (Lipinski definition) is 2. The SMILES string of the molecule is CC.COC(=O)c1cc(C)cn1CCBr. The van der Waals surface area contributed by atoms with Crippen LogP contribution in [0, 0.1) is 6.92 Å². The van der Waals surface area contributed by atoms with Crippen molar-refractivity contribution >= 4 is 21.9 Å². The Balaban J connectivity index is 0.000000921. The van der Waals surface area contributed by atoms with Crippen molar-refractivity contribution in [2.24, 2.45) is 0 Å². The van der Waals surface area contributed by atoms with Gasteiger partial charge in [0.1, 0.15) is 5.69 Å². The molecule has 0 aliphatic rings. The Kier molecular flexibility index (Phi) is 7.13. The molecular weight excluding hydrogens is 258 g/mol. The molecule has 0 unspecified atom stereocenters. The Labute approximate surface area is 99.6 Å². The molecule has 3 nitrogen and oxygen atoms in total. The molecule has 1 heterocycles. The zero-order chi connectivity index (χ0) is 11.8. The van der Waals surface area contributed by atoms with Crippen LogP contribution < -0.4 is 0 Å². The van der Waals surface area contributed by atoms with E-state index in [9.17, 15) is 4.79 Å². The van der Waals surface area contributed by atoms with Gasteiger partial charge in [-0.15, -0.1) is 0 Å². The molecule has 0 fully saturated rings. The van der Waals surface area contributed by atoms with E-state index in [1.54, 1.807) is 0 Å². The topological polar surface area (TPSA) is 31.2 Å². The molecule has 4 heteroatoms. The molecule has 0 bridgehead atoms. The van der Waals surface area contributed by atoms with Crippen LogP contribution in [0.4, 0.5) is 0 Å². The van der Waals surface area contributed by atoms with E-state index in [4.69, 9.17) is 0 Å². The number of methoxy groups -OCH3 is 1. The van der Waals surface area contributed by atoms with Gasteiger partial charge in [-0.2, -0.15) is 0 Å². The van der Waals surface area contributed by atoms with Gasteiger partial charge in [-0.25, -0.2) is 4.79 Å². The predicted octanol–water partition coefficient (Wildman–Crippen LogP) is 3.00. The van der Waals surface area contributed by atoms with Gasteiger partial charge in [0.15, 0.2) is 0 Å². The summed E-state index contributed by atoms with van der Waals surface area (Å²) < 4.78 is 6.55. The van der Waals surface area contributed by atoms with Crippen molar-refractivity contribution in [1.82, 2.24) is 4.57 Å². The van der Waals surface area contributed by atoms with E-state index in [1.165, 1.54) is 7.11 Å². The first-order valence-corrected chi connectivity index (χ1v) is 6.12. The van der Waals surface area contributed by atoms with E-state index in [2.05, 4.69) is 20.7 Å². The van der Waals surface area contributed by atoms with Gasteiger partial charge in [-0.05, 0) is 18.6 Å².